The topological polar surface area (TPSA) is 32.7 Å². The summed E-state index contributed by atoms with van der Waals surface area (Å²) in [6, 6.07) is 0.810. The molecule has 1 heterocycles. The van der Waals surface area contributed by atoms with Crippen molar-refractivity contribution in [1.82, 2.24) is 4.90 Å². The molecule has 1 aliphatic heterocycles. The van der Waals surface area contributed by atoms with Crippen LogP contribution in [0.3, 0.4) is 0 Å². The minimum atomic E-state index is 0.201. The van der Waals surface area contributed by atoms with Gasteiger partial charge in [0.15, 0.2) is 0 Å². The molecule has 0 saturated carbocycles. The predicted octanol–water partition coefficient (Wildman–Crippen LogP) is 0.478. The van der Waals surface area contributed by atoms with Crippen LogP contribution in [-0.4, -0.2) is 49.0 Å². The second kappa shape index (κ2) is 4.80. The Bertz CT molecular complexity index is 130. The third kappa shape index (κ3) is 2.19. The number of hydrogen-bond acceptors (Lipinski definition) is 3. The van der Waals surface area contributed by atoms with Crippen molar-refractivity contribution in [3.8, 4) is 0 Å². The van der Waals surface area contributed by atoms with Crippen molar-refractivity contribution < 1.29 is 9.84 Å². The number of nitrogens with zero attached hydrogens (tertiary/aromatic N) is 1. The van der Waals surface area contributed by atoms with Crippen LogP contribution in [0.2, 0.25) is 0 Å². The molecular formula is C9H19NO2. The molecule has 0 aromatic rings. The second-order valence-corrected chi connectivity index (χ2v) is 3.52. The lowest BCUT2D eigenvalue weighted by molar-refractivity contribution is 0.0490. The molecule has 72 valence electrons. The Morgan fingerprint density at radius 3 is 2.83 bits per heavy atom. The Labute approximate surface area is 74.3 Å². The van der Waals surface area contributed by atoms with Gasteiger partial charge in [-0.1, -0.05) is 0 Å². The Morgan fingerprint density at radius 1 is 1.67 bits per heavy atom. The Morgan fingerprint density at radius 2 is 2.42 bits per heavy atom. The highest BCUT2D eigenvalue weighted by Gasteiger charge is 2.26. The third-order valence-electron chi connectivity index (χ3n) is 2.64. The summed E-state index contributed by atoms with van der Waals surface area (Å²) in [5, 5.41) is 9.11. The van der Waals surface area contributed by atoms with Crippen molar-refractivity contribution in [2.24, 2.45) is 0 Å². The lowest BCUT2D eigenvalue weighted by atomic mass is 10.2. The molecule has 0 radical (unpaired) electrons. The lowest BCUT2D eigenvalue weighted by Crippen LogP contribution is -2.42. The van der Waals surface area contributed by atoms with Gasteiger partial charge < -0.3 is 9.84 Å². The molecular weight excluding hydrogens is 154 g/mol. The van der Waals surface area contributed by atoms with E-state index in [9.17, 15) is 0 Å². The van der Waals surface area contributed by atoms with Gasteiger partial charge in [0, 0.05) is 13.2 Å². The van der Waals surface area contributed by atoms with Crippen LogP contribution < -0.4 is 0 Å². The van der Waals surface area contributed by atoms with E-state index in [2.05, 4.69) is 11.8 Å². The number of rotatable bonds is 4. The molecule has 12 heavy (non-hydrogen) atoms. The van der Waals surface area contributed by atoms with Gasteiger partial charge in [-0.25, -0.2) is 0 Å². The molecule has 1 saturated heterocycles. The van der Waals surface area contributed by atoms with E-state index >= 15 is 0 Å². The zero-order valence-corrected chi connectivity index (χ0v) is 7.99. The molecule has 0 aromatic heterocycles. The average Bonchev–Trinajstić information content (AvgIpc) is 2.47. The minimum Gasteiger partial charge on any atom is -0.395 e. The summed E-state index contributed by atoms with van der Waals surface area (Å²) in [6.07, 6.45) is 2.50. The fraction of sp³-hybridized carbons (Fsp3) is 1.00. The molecule has 0 amide bonds. The van der Waals surface area contributed by atoms with E-state index in [1.807, 2.05) is 0 Å². The van der Waals surface area contributed by atoms with Gasteiger partial charge in [-0.05, 0) is 26.3 Å². The molecule has 1 N–H and O–H groups in total. The van der Waals surface area contributed by atoms with E-state index < -0.39 is 0 Å². The highest BCUT2D eigenvalue weighted by Crippen LogP contribution is 2.19. The van der Waals surface area contributed by atoms with Crippen molar-refractivity contribution in [2.45, 2.75) is 31.8 Å². The first-order valence-corrected chi connectivity index (χ1v) is 4.65. The first kappa shape index (κ1) is 9.96. The maximum absolute atomic E-state index is 9.11. The van der Waals surface area contributed by atoms with Crippen molar-refractivity contribution in [1.29, 1.82) is 0 Å². The maximum atomic E-state index is 9.11. The minimum absolute atomic E-state index is 0.201. The summed E-state index contributed by atoms with van der Waals surface area (Å²) in [5.74, 6) is 0. The van der Waals surface area contributed by atoms with Gasteiger partial charge in [0.1, 0.15) is 0 Å². The SMILES string of the molecule is COCC(CO)N1CCCC1C. The smallest absolute Gasteiger partial charge is 0.0640 e. The highest BCUT2D eigenvalue weighted by molar-refractivity contribution is 4.81. The molecule has 3 heteroatoms. The second-order valence-electron chi connectivity index (χ2n) is 3.52. The maximum Gasteiger partial charge on any atom is 0.0640 e. The quantitative estimate of drug-likeness (QED) is 0.671. The fourth-order valence-corrected chi connectivity index (χ4v) is 1.94. The Kier molecular flexibility index (Phi) is 3.98. The van der Waals surface area contributed by atoms with Gasteiger partial charge in [0.05, 0.1) is 19.3 Å². The van der Waals surface area contributed by atoms with Crippen LogP contribution in [0.25, 0.3) is 0 Å². The molecule has 0 aromatic carbocycles. The van der Waals surface area contributed by atoms with Crippen molar-refractivity contribution in [2.75, 3.05) is 26.9 Å². The highest BCUT2D eigenvalue weighted by atomic mass is 16.5. The Balaban J connectivity index is 2.41. The van der Waals surface area contributed by atoms with Gasteiger partial charge in [-0.3, -0.25) is 4.90 Å². The number of aliphatic hydroxyl groups is 1. The fourth-order valence-electron chi connectivity index (χ4n) is 1.94. The zero-order chi connectivity index (χ0) is 8.97. The first-order chi connectivity index (χ1) is 5.79. The number of hydrogen-bond donors (Lipinski definition) is 1. The largest absolute Gasteiger partial charge is 0.395 e. The van der Waals surface area contributed by atoms with Crippen molar-refractivity contribution >= 4 is 0 Å². The first-order valence-electron chi connectivity index (χ1n) is 4.65. The molecule has 0 aliphatic carbocycles. The van der Waals surface area contributed by atoms with Crippen molar-refractivity contribution in [3.63, 3.8) is 0 Å². The summed E-state index contributed by atoms with van der Waals surface area (Å²) >= 11 is 0. The number of ether oxygens (including phenoxy) is 1. The van der Waals surface area contributed by atoms with E-state index in [1.165, 1.54) is 12.8 Å². The van der Waals surface area contributed by atoms with Gasteiger partial charge in [0.2, 0.25) is 0 Å². The van der Waals surface area contributed by atoms with E-state index in [1.54, 1.807) is 7.11 Å². The molecule has 1 fully saturated rings. The molecule has 3 nitrogen and oxygen atoms in total. The number of aliphatic hydroxyl groups excluding tert-OH is 1. The van der Waals surface area contributed by atoms with Crippen LogP contribution in [0.1, 0.15) is 19.8 Å². The third-order valence-corrected chi connectivity index (χ3v) is 2.64. The molecule has 2 unspecified atom stereocenters. The summed E-state index contributed by atoms with van der Waals surface area (Å²) in [4.78, 5) is 2.34. The normalized spacial score (nSPS) is 27.8. The van der Waals surface area contributed by atoms with Gasteiger partial charge in [-0.15, -0.1) is 0 Å². The van der Waals surface area contributed by atoms with Crippen LogP contribution in [0.15, 0.2) is 0 Å². The number of likely N-dealkylation sites (tertiary alicyclic amines) is 1. The standard InChI is InChI=1S/C9H19NO2/c1-8-4-3-5-10(8)9(6-11)7-12-2/h8-9,11H,3-7H2,1-2H3. The molecule has 1 rings (SSSR count). The van der Waals surface area contributed by atoms with Crippen LogP contribution >= 0.6 is 0 Å². The summed E-state index contributed by atoms with van der Waals surface area (Å²) in [6.45, 7) is 4.17. The summed E-state index contributed by atoms with van der Waals surface area (Å²) < 4.78 is 5.05. The lowest BCUT2D eigenvalue weighted by Gasteiger charge is -2.29. The monoisotopic (exact) mass is 173 g/mol. The predicted molar refractivity (Wildman–Crippen MR) is 48.2 cm³/mol. The molecule has 0 bridgehead atoms. The van der Waals surface area contributed by atoms with Gasteiger partial charge in [0.25, 0.3) is 0 Å². The van der Waals surface area contributed by atoms with Crippen LogP contribution in [0.4, 0.5) is 0 Å². The molecule has 2 atom stereocenters. The average molecular weight is 173 g/mol. The van der Waals surface area contributed by atoms with Crippen LogP contribution in [0, 0.1) is 0 Å². The van der Waals surface area contributed by atoms with Crippen molar-refractivity contribution in [3.05, 3.63) is 0 Å². The molecule has 0 spiro atoms. The van der Waals surface area contributed by atoms with E-state index in [0.29, 0.717) is 12.6 Å². The zero-order valence-electron chi connectivity index (χ0n) is 7.99. The van der Waals surface area contributed by atoms with Crippen LogP contribution in [0.5, 0.6) is 0 Å². The van der Waals surface area contributed by atoms with Gasteiger partial charge in [-0.2, -0.15) is 0 Å². The molecule has 1 aliphatic rings. The summed E-state index contributed by atoms with van der Waals surface area (Å²) in [7, 11) is 1.68. The van der Waals surface area contributed by atoms with Crippen LogP contribution in [-0.2, 0) is 4.74 Å². The Hall–Kier alpha value is -0.120. The van der Waals surface area contributed by atoms with E-state index in [0.717, 1.165) is 6.54 Å². The summed E-state index contributed by atoms with van der Waals surface area (Å²) in [5.41, 5.74) is 0. The number of methoxy groups -OCH3 is 1. The van der Waals surface area contributed by atoms with E-state index in [4.69, 9.17) is 9.84 Å². The van der Waals surface area contributed by atoms with E-state index in [-0.39, 0.29) is 12.6 Å². The van der Waals surface area contributed by atoms with Gasteiger partial charge >= 0.3 is 0 Å².